The van der Waals surface area contributed by atoms with Gasteiger partial charge < -0.3 is 20.9 Å². The second kappa shape index (κ2) is 4.55. The molecule has 0 spiro atoms. The van der Waals surface area contributed by atoms with Gasteiger partial charge in [-0.3, -0.25) is 4.79 Å². The summed E-state index contributed by atoms with van der Waals surface area (Å²) >= 11 is 0. The fraction of sp³-hybridized carbons (Fsp3) is 0.917. The smallest absolute Gasteiger partial charge is 0.247 e. The largest absolute Gasteiger partial charge is 0.382 e. The van der Waals surface area contributed by atoms with Crippen LogP contribution in [0.5, 0.6) is 0 Å². The van der Waals surface area contributed by atoms with E-state index in [0.29, 0.717) is 18.1 Å². The summed E-state index contributed by atoms with van der Waals surface area (Å²) in [6.07, 6.45) is 1.44. The Labute approximate surface area is 102 Å². The van der Waals surface area contributed by atoms with Gasteiger partial charge in [0.05, 0.1) is 6.10 Å². The van der Waals surface area contributed by atoms with Crippen LogP contribution >= 0.6 is 0 Å². The molecule has 4 N–H and O–H groups in total. The number of amides is 1. The van der Waals surface area contributed by atoms with Crippen LogP contribution in [0.2, 0.25) is 0 Å². The number of carbonyl (C=O) groups excluding carboxylic acids is 1. The van der Waals surface area contributed by atoms with E-state index < -0.39 is 12.0 Å². The number of hydrogen-bond acceptors (Lipinski definition) is 4. The van der Waals surface area contributed by atoms with Gasteiger partial charge in [0.15, 0.2) is 0 Å². The molecule has 1 amide bonds. The highest BCUT2D eigenvalue weighted by Gasteiger charge is 2.57. The zero-order valence-electron chi connectivity index (χ0n) is 10.5. The predicted octanol–water partition coefficient (Wildman–Crippen LogP) is -0.374. The Morgan fingerprint density at radius 3 is 3.00 bits per heavy atom. The molecule has 1 aliphatic heterocycles. The third kappa shape index (κ3) is 2.19. The average molecular weight is 242 g/mol. The topological polar surface area (TPSA) is 84.6 Å². The lowest BCUT2D eigenvalue weighted by Gasteiger charge is -2.60. The van der Waals surface area contributed by atoms with Crippen molar-refractivity contribution in [1.29, 1.82) is 0 Å². The Morgan fingerprint density at radius 1 is 1.65 bits per heavy atom. The maximum absolute atomic E-state index is 10.8. The van der Waals surface area contributed by atoms with Crippen molar-refractivity contribution in [3.8, 4) is 0 Å². The molecule has 0 bridgehead atoms. The van der Waals surface area contributed by atoms with Gasteiger partial charge in [-0.05, 0) is 12.8 Å². The molecule has 2 aliphatic rings. The van der Waals surface area contributed by atoms with Crippen molar-refractivity contribution in [3.63, 3.8) is 0 Å². The second-order valence-corrected chi connectivity index (χ2v) is 5.72. The number of primary amides is 1. The Bertz CT molecular complexity index is 306. The third-order valence-corrected chi connectivity index (χ3v) is 4.19. The number of ether oxygens (including phenoxy) is 1. The van der Waals surface area contributed by atoms with Gasteiger partial charge in [-0.15, -0.1) is 0 Å². The highest BCUT2D eigenvalue weighted by Crippen LogP contribution is 2.51. The van der Waals surface area contributed by atoms with E-state index in [9.17, 15) is 9.90 Å². The fourth-order valence-electron chi connectivity index (χ4n) is 3.28. The van der Waals surface area contributed by atoms with E-state index in [1.54, 1.807) is 0 Å². The van der Waals surface area contributed by atoms with Crippen molar-refractivity contribution in [1.82, 2.24) is 5.32 Å². The molecule has 98 valence electrons. The van der Waals surface area contributed by atoms with E-state index in [2.05, 4.69) is 19.2 Å². The average Bonchev–Trinajstić information content (AvgIpc) is 2.28. The minimum Gasteiger partial charge on any atom is -0.382 e. The standard InChI is InChI=1S/C12H22N2O3/c1-12(2)9(14-6-8(15)11(13)16)7-4-3-5-17-10(7)12/h7-10,14-15H,3-6H2,1-2H3,(H2,13,16). The first-order valence-electron chi connectivity index (χ1n) is 6.27. The summed E-state index contributed by atoms with van der Waals surface area (Å²) in [5.41, 5.74) is 5.09. The summed E-state index contributed by atoms with van der Waals surface area (Å²) in [6.45, 7) is 5.40. The molecule has 0 aromatic rings. The SMILES string of the molecule is CC1(C)C(NCC(O)C(N)=O)C2CCCOC21. The summed E-state index contributed by atoms with van der Waals surface area (Å²) in [5, 5.41) is 12.7. The van der Waals surface area contributed by atoms with Crippen LogP contribution in [-0.4, -0.2) is 42.4 Å². The van der Waals surface area contributed by atoms with Gasteiger partial charge >= 0.3 is 0 Å². The van der Waals surface area contributed by atoms with Crippen molar-refractivity contribution < 1.29 is 14.6 Å². The number of rotatable bonds is 4. The summed E-state index contributed by atoms with van der Waals surface area (Å²) in [6, 6.07) is 0.293. The van der Waals surface area contributed by atoms with E-state index in [1.807, 2.05) is 0 Å². The molecule has 5 nitrogen and oxygen atoms in total. The highest BCUT2D eigenvalue weighted by atomic mass is 16.5. The third-order valence-electron chi connectivity index (χ3n) is 4.19. The van der Waals surface area contributed by atoms with E-state index in [4.69, 9.17) is 10.5 Å². The van der Waals surface area contributed by atoms with E-state index in [1.165, 1.54) is 0 Å². The first-order valence-corrected chi connectivity index (χ1v) is 6.27. The van der Waals surface area contributed by atoms with Gasteiger partial charge in [0, 0.05) is 30.5 Å². The van der Waals surface area contributed by atoms with Crippen molar-refractivity contribution in [2.24, 2.45) is 17.1 Å². The first-order chi connectivity index (χ1) is 7.94. The van der Waals surface area contributed by atoms with Gasteiger partial charge in [-0.1, -0.05) is 13.8 Å². The molecule has 1 saturated heterocycles. The van der Waals surface area contributed by atoms with Crippen molar-refractivity contribution in [3.05, 3.63) is 0 Å². The number of nitrogens with two attached hydrogens (primary N) is 1. The monoisotopic (exact) mass is 242 g/mol. The molecule has 4 atom stereocenters. The predicted molar refractivity (Wildman–Crippen MR) is 63.2 cm³/mol. The van der Waals surface area contributed by atoms with Crippen LogP contribution in [0.3, 0.4) is 0 Å². The molecular weight excluding hydrogens is 220 g/mol. The Morgan fingerprint density at radius 2 is 2.35 bits per heavy atom. The molecule has 1 heterocycles. The molecule has 0 aromatic carbocycles. The van der Waals surface area contributed by atoms with Gasteiger partial charge in [0.1, 0.15) is 6.10 Å². The Hall–Kier alpha value is -0.650. The van der Waals surface area contributed by atoms with Gasteiger partial charge in [0.2, 0.25) is 5.91 Å². The number of carbonyl (C=O) groups is 1. The lowest BCUT2D eigenvalue weighted by Crippen LogP contribution is -2.70. The highest BCUT2D eigenvalue weighted by molar-refractivity contribution is 5.78. The van der Waals surface area contributed by atoms with Crippen molar-refractivity contribution in [2.45, 2.75) is 44.9 Å². The lowest BCUT2D eigenvalue weighted by atomic mass is 9.55. The fourth-order valence-corrected chi connectivity index (χ4v) is 3.28. The van der Waals surface area contributed by atoms with Crippen LogP contribution in [0.15, 0.2) is 0 Å². The Kier molecular flexibility index (Phi) is 3.43. The molecular formula is C12H22N2O3. The van der Waals surface area contributed by atoms with Crippen LogP contribution < -0.4 is 11.1 Å². The maximum atomic E-state index is 10.8. The van der Waals surface area contributed by atoms with Gasteiger partial charge in [-0.2, -0.15) is 0 Å². The maximum Gasteiger partial charge on any atom is 0.247 e. The van der Waals surface area contributed by atoms with Crippen molar-refractivity contribution >= 4 is 5.91 Å². The second-order valence-electron chi connectivity index (χ2n) is 5.72. The molecule has 0 radical (unpaired) electrons. The zero-order valence-corrected chi connectivity index (χ0v) is 10.5. The van der Waals surface area contributed by atoms with Gasteiger partial charge in [0.25, 0.3) is 0 Å². The van der Waals surface area contributed by atoms with Crippen LogP contribution in [0, 0.1) is 11.3 Å². The molecule has 1 aliphatic carbocycles. The summed E-state index contributed by atoms with van der Waals surface area (Å²) < 4.78 is 5.78. The molecule has 2 rings (SSSR count). The molecule has 4 unspecified atom stereocenters. The zero-order chi connectivity index (χ0) is 12.6. The van der Waals surface area contributed by atoms with Crippen LogP contribution in [0.25, 0.3) is 0 Å². The van der Waals surface area contributed by atoms with E-state index >= 15 is 0 Å². The van der Waals surface area contributed by atoms with E-state index in [0.717, 1.165) is 19.4 Å². The van der Waals surface area contributed by atoms with Crippen LogP contribution in [-0.2, 0) is 9.53 Å². The normalized spacial score (nSPS) is 36.8. The van der Waals surface area contributed by atoms with Gasteiger partial charge in [-0.25, -0.2) is 0 Å². The number of aliphatic hydroxyl groups excluding tert-OH is 1. The molecule has 1 saturated carbocycles. The molecule has 0 aromatic heterocycles. The molecule has 2 fully saturated rings. The number of aliphatic hydroxyl groups is 1. The van der Waals surface area contributed by atoms with Crippen LogP contribution in [0.4, 0.5) is 0 Å². The number of fused-ring (bicyclic) bond motifs is 1. The molecule has 17 heavy (non-hydrogen) atoms. The number of hydrogen-bond donors (Lipinski definition) is 3. The summed E-state index contributed by atoms with van der Waals surface area (Å²) in [5.74, 6) is -0.176. The number of nitrogens with one attached hydrogen (secondary N) is 1. The minimum atomic E-state index is -1.10. The van der Waals surface area contributed by atoms with E-state index in [-0.39, 0.29) is 12.0 Å². The van der Waals surface area contributed by atoms with Crippen LogP contribution in [0.1, 0.15) is 26.7 Å². The first kappa shape index (κ1) is 12.8. The molecule has 5 heteroatoms. The minimum absolute atomic E-state index is 0.0580. The summed E-state index contributed by atoms with van der Waals surface area (Å²) in [4.78, 5) is 10.8. The quantitative estimate of drug-likeness (QED) is 0.628. The van der Waals surface area contributed by atoms with Crippen molar-refractivity contribution in [2.75, 3.05) is 13.2 Å². The lowest BCUT2D eigenvalue weighted by molar-refractivity contribution is -0.193. The Balaban J connectivity index is 1.90. The summed E-state index contributed by atoms with van der Waals surface area (Å²) in [7, 11) is 0.